The second kappa shape index (κ2) is 8.36. The Morgan fingerprint density at radius 2 is 1.89 bits per heavy atom. The van der Waals surface area contributed by atoms with Crippen molar-refractivity contribution >= 4 is 16.8 Å². The van der Waals surface area contributed by atoms with Gasteiger partial charge in [-0.15, -0.1) is 0 Å². The number of nitrogens with zero attached hydrogens (tertiary/aromatic N) is 2. The SMILES string of the molecule is O=C(Cc1cccc2cccnc12)NCC1(N2CCOCC2)CCCCC1. The molecule has 1 aromatic heterocycles. The highest BCUT2D eigenvalue weighted by molar-refractivity contribution is 5.87. The van der Waals surface area contributed by atoms with Gasteiger partial charge >= 0.3 is 0 Å². The lowest BCUT2D eigenvalue weighted by Crippen LogP contribution is -2.59. The Hall–Kier alpha value is -1.98. The Labute approximate surface area is 161 Å². The molecule has 1 amide bonds. The first-order valence-corrected chi connectivity index (χ1v) is 10.2. The maximum atomic E-state index is 12.7. The molecule has 27 heavy (non-hydrogen) atoms. The summed E-state index contributed by atoms with van der Waals surface area (Å²) in [5.74, 6) is 0.0892. The molecule has 4 rings (SSSR count). The number of aromatic nitrogens is 1. The fourth-order valence-electron chi connectivity index (χ4n) is 4.66. The van der Waals surface area contributed by atoms with Gasteiger partial charge in [-0.1, -0.05) is 43.5 Å². The molecule has 0 bridgehead atoms. The summed E-state index contributed by atoms with van der Waals surface area (Å²) >= 11 is 0. The number of pyridine rings is 1. The molecular formula is C22H29N3O2. The molecule has 0 atom stereocenters. The van der Waals surface area contributed by atoms with Gasteiger partial charge in [-0.25, -0.2) is 0 Å². The monoisotopic (exact) mass is 367 g/mol. The summed E-state index contributed by atoms with van der Waals surface area (Å²) in [4.78, 5) is 19.8. The van der Waals surface area contributed by atoms with E-state index in [1.165, 1.54) is 32.1 Å². The van der Waals surface area contributed by atoms with E-state index in [0.29, 0.717) is 6.42 Å². The van der Waals surface area contributed by atoms with Gasteiger partial charge in [0.2, 0.25) is 5.91 Å². The molecule has 1 aromatic carbocycles. The lowest BCUT2D eigenvalue weighted by atomic mass is 9.79. The minimum absolute atomic E-state index is 0.0892. The van der Waals surface area contributed by atoms with E-state index in [-0.39, 0.29) is 11.4 Å². The van der Waals surface area contributed by atoms with Crippen molar-refractivity contribution < 1.29 is 9.53 Å². The van der Waals surface area contributed by atoms with Gasteiger partial charge in [-0.3, -0.25) is 14.7 Å². The summed E-state index contributed by atoms with van der Waals surface area (Å²) in [6, 6.07) is 10.0. The fraction of sp³-hybridized carbons (Fsp3) is 0.545. The molecule has 2 aliphatic rings. The van der Waals surface area contributed by atoms with Crippen LogP contribution in [0.4, 0.5) is 0 Å². The van der Waals surface area contributed by atoms with Crippen LogP contribution in [0.1, 0.15) is 37.7 Å². The Balaban J connectivity index is 1.43. The van der Waals surface area contributed by atoms with Crippen molar-refractivity contribution in [3.05, 3.63) is 42.1 Å². The molecule has 1 aliphatic carbocycles. The molecular weight excluding hydrogens is 338 g/mol. The topological polar surface area (TPSA) is 54.5 Å². The number of hydrogen-bond acceptors (Lipinski definition) is 4. The molecule has 1 saturated heterocycles. The van der Waals surface area contributed by atoms with Crippen molar-refractivity contribution in [3.8, 4) is 0 Å². The zero-order valence-corrected chi connectivity index (χ0v) is 16.0. The number of benzene rings is 1. The van der Waals surface area contributed by atoms with Gasteiger partial charge in [0, 0.05) is 36.8 Å². The largest absolute Gasteiger partial charge is 0.379 e. The highest BCUT2D eigenvalue weighted by Gasteiger charge is 2.38. The third-order valence-electron chi connectivity index (χ3n) is 6.15. The van der Waals surface area contributed by atoms with E-state index in [1.54, 1.807) is 6.20 Å². The molecule has 0 radical (unpaired) electrons. The molecule has 1 saturated carbocycles. The van der Waals surface area contributed by atoms with Crippen LogP contribution in [0.3, 0.4) is 0 Å². The molecule has 144 valence electrons. The standard InChI is InChI=1S/C22H29N3O2/c26-20(16-19-7-4-6-18-8-5-11-23-21(18)19)24-17-22(9-2-1-3-10-22)25-12-14-27-15-13-25/h4-8,11H,1-3,9-10,12-17H2,(H,24,26). The van der Waals surface area contributed by atoms with E-state index in [4.69, 9.17) is 4.74 Å². The van der Waals surface area contributed by atoms with Crippen LogP contribution in [-0.2, 0) is 16.0 Å². The van der Waals surface area contributed by atoms with Gasteiger partial charge < -0.3 is 10.1 Å². The molecule has 1 aliphatic heterocycles. The summed E-state index contributed by atoms with van der Waals surface area (Å²) in [5, 5.41) is 4.34. The van der Waals surface area contributed by atoms with E-state index in [0.717, 1.165) is 49.3 Å². The molecule has 2 fully saturated rings. The summed E-state index contributed by atoms with van der Waals surface area (Å²) in [7, 11) is 0. The number of ether oxygens (including phenoxy) is 1. The number of carbonyl (C=O) groups is 1. The average Bonchev–Trinajstić information content (AvgIpc) is 2.74. The molecule has 1 N–H and O–H groups in total. The molecule has 0 spiro atoms. The fourth-order valence-corrected chi connectivity index (χ4v) is 4.66. The van der Waals surface area contributed by atoms with E-state index in [1.807, 2.05) is 30.3 Å². The number of carbonyl (C=O) groups excluding carboxylic acids is 1. The van der Waals surface area contributed by atoms with Crippen LogP contribution in [-0.4, -0.2) is 54.2 Å². The van der Waals surface area contributed by atoms with Crippen LogP contribution < -0.4 is 5.32 Å². The molecule has 2 aromatic rings. The molecule has 5 nitrogen and oxygen atoms in total. The minimum Gasteiger partial charge on any atom is -0.379 e. The number of fused-ring (bicyclic) bond motifs is 1. The maximum Gasteiger partial charge on any atom is 0.224 e. The summed E-state index contributed by atoms with van der Waals surface area (Å²) in [6.45, 7) is 4.30. The summed E-state index contributed by atoms with van der Waals surface area (Å²) in [5.41, 5.74) is 2.03. The number of rotatable bonds is 5. The Kier molecular flexibility index (Phi) is 5.69. The first kappa shape index (κ1) is 18.4. The second-order valence-electron chi connectivity index (χ2n) is 7.83. The van der Waals surface area contributed by atoms with Gasteiger partial charge in [0.05, 0.1) is 25.2 Å². The number of amides is 1. The molecule has 0 unspecified atom stereocenters. The number of para-hydroxylation sites is 1. The van der Waals surface area contributed by atoms with Crippen molar-refractivity contribution in [2.45, 2.75) is 44.1 Å². The van der Waals surface area contributed by atoms with E-state index >= 15 is 0 Å². The van der Waals surface area contributed by atoms with Crippen LogP contribution in [0.15, 0.2) is 36.5 Å². The van der Waals surface area contributed by atoms with Crippen molar-refractivity contribution in [1.29, 1.82) is 0 Å². The van der Waals surface area contributed by atoms with E-state index in [9.17, 15) is 4.79 Å². The highest BCUT2D eigenvalue weighted by atomic mass is 16.5. The van der Waals surface area contributed by atoms with Crippen molar-refractivity contribution in [2.75, 3.05) is 32.8 Å². The van der Waals surface area contributed by atoms with Crippen LogP contribution in [0, 0.1) is 0 Å². The Morgan fingerprint density at radius 3 is 2.70 bits per heavy atom. The van der Waals surface area contributed by atoms with Gasteiger partial charge in [-0.05, 0) is 24.5 Å². The summed E-state index contributed by atoms with van der Waals surface area (Å²) < 4.78 is 5.55. The maximum absolute atomic E-state index is 12.7. The zero-order valence-electron chi connectivity index (χ0n) is 16.0. The number of hydrogen-bond donors (Lipinski definition) is 1. The molecule has 5 heteroatoms. The van der Waals surface area contributed by atoms with Crippen molar-refractivity contribution in [1.82, 2.24) is 15.2 Å². The number of morpholine rings is 1. The first-order chi connectivity index (χ1) is 13.3. The predicted molar refractivity (Wildman–Crippen MR) is 107 cm³/mol. The van der Waals surface area contributed by atoms with Gasteiger partial charge in [-0.2, -0.15) is 0 Å². The Bertz CT molecular complexity index is 775. The van der Waals surface area contributed by atoms with Gasteiger partial charge in [0.25, 0.3) is 0 Å². The van der Waals surface area contributed by atoms with Crippen molar-refractivity contribution in [3.63, 3.8) is 0 Å². The third kappa shape index (κ3) is 4.14. The quantitative estimate of drug-likeness (QED) is 0.883. The van der Waals surface area contributed by atoms with Gasteiger partial charge in [0.15, 0.2) is 0 Å². The van der Waals surface area contributed by atoms with E-state index < -0.39 is 0 Å². The molecule has 2 heterocycles. The van der Waals surface area contributed by atoms with E-state index in [2.05, 4.69) is 15.2 Å². The second-order valence-corrected chi connectivity index (χ2v) is 7.83. The van der Waals surface area contributed by atoms with Crippen molar-refractivity contribution in [2.24, 2.45) is 0 Å². The van der Waals surface area contributed by atoms with Gasteiger partial charge in [0.1, 0.15) is 0 Å². The predicted octanol–water partition coefficient (Wildman–Crippen LogP) is 2.93. The van der Waals surface area contributed by atoms with Crippen LogP contribution in [0.25, 0.3) is 10.9 Å². The third-order valence-corrected chi connectivity index (χ3v) is 6.15. The minimum atomic E-state index is 0.0892. The summed E-state index contributed by atoms with van der Waals surface area (Å²) in [6.07, 6.45) is 8.32. The van der Waals surface area contributed by atoms with Crippen LogP contribution >= 0.6 is 0 Å². The Morgan fingerprint density at radius 1 is 1.11 bits per heavy atom. The smallest absolute Gasteiger partial charge is 0.224 e. The normalized spacial score (nSPS) is 20.4. The van der Waals surface area contributed by atoms with Crippen LogP contribution in [0.5, 0.6) is 0 Å². The first-order valence-electron chi connectivity index (χ1n) is 10.2. The average molecular weight is 367 g/mol. The lowest BCUT2D eigenvalue weighted by molar-refractivity contribution is -0.121. The highest BCUT2D eigenvalue weighted by Crippen LogP contribution is 2.34. The number of nitrogens with one attached hydrogen (secondary N) is 1. The lowest BCUT2D eigenvalue weighted by Gasteiger charge is -2.48. The van der Waals surface area contributed by atoms with Crippen LogP contribution in [0.2, 0.25) is 0 Å². The zero-order chi connectivity index (χ0) is 18.5.